The van der Waals surface area contributed by atoms with Crippen molar-refractivity contribution in [3.05, 3.63) is 0 Å². The Morgan fingerprint density at radius 2 is 1.76 bits per heavy atom. The Hall–Kier alpha value is -1.46. The molecular formula is C7H16N4O6. The van der Waals surface area contributed by atoms with Crippen molar-refractivity contribution >= 4 is 12.6 Å². The molecule has 0 fully saturated rings. The van der Waals surface area contributed by atoms with E-state index < -0.39 is 31.0 Å². The fraction of sp³-hybridized carbons (Fsp3) is 0.714. The average molecular weight is 252 g/mol. The van der Waals surface area contributed by atoms with Gasteiger partial charge in [0.2, 0.25) is 0 Å². The van der Waals surface area contributed by atoms with E-state index in [4.69, 9.17) is 31.1 Å². The Kier molecular flexibility index (Phi) is 11.6. The number of carbonyl (C=O) groups is 1. The second kappa shape index (κ2) is 11.0. The van der Waals surface area contributed by atoms with Crippen LogP contribution in [0.5, 0.6) is 0 Å². The molecular weight excluding hydrogens is 236 g/mol. The molecule has 0 aromatic rings. The summed E-state index contributed by atoms with van der Waals surface area (Å²) in [7, 11) is 0. The summed E-state index contributed by atoms with van der Waals surface area (Å²) in [4.78, 5) is 9.90. The monoisotopic (exact) mass is 252 g/mol. The van der Waals surface area contributed by atoms with Gasteiger partial charge in [-0.15, -0.1) is 5.11 Å². The van der Waals surface area contributed by atoms with Crippen LogP contribution in [0.4, 0.5) is 0 Å². The number of nitrogens with one attached hydrogen (secondary N) is 1. The summed E-state index contributed by atoms with van der Waals surface area (Å²) in [5, 5.41) is 49.1. The molecule has 0 saturated heterocycles. The van der Waals surface area contributed by atoms with E-state index in [0.29, 0.717) is 0 Å². The van der Waals surface area contributed by atoms with Gasteiger partial charge < -0.3 is 36.2 Å². The molecule has 0 amide bonds. The van der Waals surface area contributed by atoms with Gasteiger partial charge in [-0.25, -0.2) is 5.53 Å². The molecule has 0 rings (SSSR count). The van der Waals surface area contributed by atoms with Gasteiger partial charge in [-0.05, 0) is 0 Å². The van der Waals surface area contributed by atoms with Gasteiger partial charge in [-0.1, -0.05) is 0 Å². The largest absolute Gasteiger partial charge is 0.394 e. The van der Waals surface area contributed by atoms with Gasteiger partial charge in [0, 0.05) is 0 Å². The number of aliphatic hydroxyl groups is 5. The molecule has 100 valence electrons. The summed E-state index contributed by atoms with van der Waals surface area (Å²) in [5.41, 5.74) is 6.00. The van der Waals surface area contributed by atoms with Gasteiger partial charge in [0.15, 0.2) is 12.6 Å². The van der Waals surface area contributed by atoms with Gasteiger partial charge in [0.25, 0.3) is 0 Å². The van der Waals surface area contributed by atoms with Crippen LogP contribution in [0.25, 0.3) is 0 Å². The molecule has 0 aromatic heterocycles. The first-order valence-corrected chi connectivity index (χ1v) is 4.32. The maximum atomic E-state index is 9.90. The van der Waals surface area contributed by atoms with Gasteiger partial charge >= 0.3 is 0 Å². The van der Waals surface area contributed by atoms with Crippen molar-refractivity contribution in [3.8, 4) is 0 Å². The standard InChI is InChI=1S/C6H12O6.CH4N4/c7-1-3(9)5(11)6(12)4(10)2-8;2-4-1-5-3/h1,3-6,8-12H,2H2;1-2H,3H2/b;4-2?,5-1+/t3-,4+,5+,6+;/m0./s1. The third-order valence-electron chi connectivity index (χ3n) is 1.54. The minimum atomic E-state index is -1.79. The quantitative estimate of drug-likeness (QED) is 0.0637. The van der Waals surface area contributed by atoms with Crippen molar-refractivity contribution in [1.29, 1.82) is 5.53 Å². The predicted octanol–water partition coefficient (Wildman–Crippen LogP) is -3.46. The normalized spacial score (nSPS) is 17.5. The Morgan fingerprint density at radius 1 is 1.24 bits per heavy atom. The van der Waals surface area contributed by atoms with Crippen LogP contribution in [-0.2, 0) is 4.79 Å². The third-order valence-corrected chi connectivity index (χ3v) is 1.54. The number of hydrogen-bond donors (Lipinski definition) is 7. The molecule has 4 atom stereocenters. The van der Waals surface area contributed by atoms with Crippen LogP contribution < -0.4 is 5.84 Å². The lowest BCUT2D eigenvalue weighted by Crippen LogP contribution is -2.46. The molecule has 0 saturated carbocycles. The molecule has 10 heteroatoms. The molecule has 8 N–H and O–H groups in total. The second-order valence-electron chi connectivity index (χ2n) is 2.75. The summed E-state index contributed by atoms with van der Waals surface area (Å²) in [6.07, 6.45) is -5.89. The zero-order chi connectivity index (χ0) is 13.8. The number of carbonyl (C=O) groups excluding carboxylic acids is 1. The van der Waals surface area contributed by atoms with Gasteiger partial charge in [-0.2, -0.15) is 5.10 Å². The van der Waals surface area contributed by atoms with Crippen molar-refractivity contribution in [2.75, 3.05) is 6.61 Å². The highest BCUT2D eigenvalue weighted by molar-refractivity contribution is 5.56. The first-order chi connectivity index (χ1) is 7.95. The van der Waals surface area contributed by atoms with Crippen LogP contribution in [0.3, 0.4) is 0 Å². The number of aldehydes is 1. The van der Waals surface area contributed by atoms with E-state index in [9.17, 15) is 4.79 Å². The Morgan fingerprint density at radius 3 is 2.00 bits per heavy atom. The lowest BCUT2D eigenvalue weighted by atomic mass is 10.0. The highest BCUT2D eigenvalue weighted by Gasteiger charge is 2.29. The summed E-state index contributed by atoms with van der Waals surface area (Å²) in [6.45, 7) is -0.760. The molecule has 17 heavy (non-hydrogen) atoms. The Labute approximate surface area is 96.5 Å². The van der Waals surface area contributed by atoms with Crippen LogP contribution >= 0.6 is 0 Å². The summed E-state index contributed by atoms with van der Waals surface area (Å²) >= 11 is 0. The van der Waals surface area contributed by atoms with E-state index >= 15 is 0 Å². The number of hydrazone groups is 1. The number of aliphatic hydroxyl groups excluding tert-OH is 5. The molecule has 0 heterocycles. The van der Waals surface area contributed by atoms with E-state index in [-0.39, 0.29) is 6.29 Å². The summed E-state index contributed by atoms with van der Waals surface area (Å²) < 4.78 is 0. The highest BCUT2D eigenvalue weighted by Crippen LogP contribution is 2.02. The molecule has 0 spiro atoms. The van der Waals surface area contributed by atoms with Gasteiger partial charge in [-0.3, -0.25) is 0 Å². The minimum absolute atomic E-state index is 0.0258. The predicted molar refractivity (Wildman–Crippen MR) is 55.0 cm³/mol. The van der Waals surface area contributed by atoms with E-state index in [2.05, 4.69) is 16.1 Å². The smallest absolute Gasteiger partial charge is 0.156 e. The topological polar surface area (TPSA) is 193 Å². The first-order valence-electron chi connectivity index (χ1n) is 4.32. The zero-order valence-corrected chi connectivity index (χ0v) is 8.79. The van der Waals surface area contributed by atoms with Crippen molar-refractivity contribution in [2.24, 2.45) is 16.1 Å². The number of rotatable bonds is 6. The summed E-state index contributed by atoms with van der Waals surface area (Å²) in [6, 6.07) is 0. The van der Waals surface area contributed by atoms with Crippen LogP contribution in [0.2, 0.25) is 0 Å². The maximum absolute atomic E-state index is 9.90. The van der Waals surface area contributed by atoms with E-state index in [1.165, 1.54) is 0 Å². The average Bonchev–Trinajstić information content (AvgIpc) is 2.36. The van der Waals surface area contributed by atoms with Crippen LogP contribution in [0.15, 0.2) is 10.2 Å². The minimum Gasteiger partial charge on any atom is -0.394 e. The van der Waals surface area contributed by atoms with E-state index in [1.54, 1.807) is 0 Å². The van der Waals surface area contributed by atoms with E-state index in [0.717, 1.165) is 6.34 Å². The van der Waals surface area contributed by atoms with Crippen molar-refractivity contribution in [3.63, 3.8) is 0 Å². The number of nitrogens with two attached hydrogens (primary N) is 1. The number of nitrogens with zero attached hydrogens (tertiary/aromatic N) is 2. The molecule has 0 bridgehead atoms. The molecule has 0 radical (unpaired) electrons. The van der Waals surface area contributed by atoms with Crippen LogP contribution in [-0.4, -0.2) is 69.2 Å². The molecule has 0 aromatic carbocycles. The lowest BCUT2D eigenvalue weighted by Gasteiger charge is -2.22. The second-order valence-corrected chi connectivity index (χ2v) is 2.75. The van der Waals surface area contributed by atoms with Crippen molar-refractivity contribution in [2.45, 2.75) is 24.4 Å². The lowest BCUT2D eigenvalue weighted by molar-refractivity contribution is -0.136. The molecule has 0 aliphatic heterocycles. The van der Waals surface area contributed by atoms with Gasteiger partial charge in [0.05, 0.1) is 6.61 Å². The summed E-state index contributed by atoms with van der Waals surface area (Å²) in [5.74, 6) is 4.49. The SMILES string of the molecule is N=N/C=N/N.O=C[C@H](O)[C@@H](O)[C@H](O)[C@H](O)CO. The highest BCUT2D eigenvalue weighted by atomic mass is 16.4. The van der Waals surface area contributed by atoms with Crippen LogP contribution in [0, 0.1) is 5.53 Å². The number of hydrogen-bond acceptors (Lipinski definition) is 9. The van der Waals surface area contributed by atoms with Crippen molar-refractivity contribution in [1.82, 2.24) is 0 Å². The van der Waals surface area contributed by atoms with E-state index in [1.807, 2.05) is 0 Å². The van der Waals surface area contributed by atoms with Crippen LogP contribution in [0.1, 0.15) is 0 Å². The molecule has 10 nitrogen and oxygen atoms in total. The molecule has 0 aliphatic rings. The molecule has 0 unspecified atom stereocenters. The maximum Gasteiger partial charge on any atom is 0.156 e. The van der Waals surface area contributed by atoms with Gasteiger partial charge in [0.1, 0.15) is 24.4 Å². The first kappa shape index (κ1) is 17.9. The fourth-order valence-corrected chi connectivity index (χ4v) is 0.651. The molecule has 0 aliphatic carbocycles. The Balaban J connectivity index is 0. The third kappa shape index (κ3) is 8.36. The van der Waals surface area contributed by atoms with Crippen molar-refractivity contribution < 1.29 is 30.3 Å². The Bertz CT molecular complexity index is 238. The zero-order valence-electron chi connectivity index (χ0n) is 8.79. The fourth-order valence-electron chi connectivity index (χ4n) is 0.651.